The first-order chi connectivity index (χ1) is 14.0. The molecule has 4 rings (SSSR count). The molecule has 0 aliphatic heterocycles. The van der Waals surface area contributed by atoms with E-state index in [1.165, 1.54) is 36.0 Å². The van der Waals surface area contributed by atoms with Crippen LogP contribution in [0.3, 0.4) is 0 Å². The molecule has 4 nitrogen and oxygen atoms in total. The van der Waals surface area contributed by atoms with E-state index < -0.39 is 9.84 Å². The van der Waals surface area contributed by atoms with Gasteiger partial charge in [-0.1, -0.05) is 60.3 Å². The summed E-state index contributed by atoms with van der Waals surface area (Å²) in [7, 11) is -3.85. The smallest absolute Gasteiger partial charge is 0.228 e. The zero-order valence-corrected chi connectivity index (χ0v) is 16.8. The minimum Gasteiger partial charge on any atom is -0.428 e. The molecule has 146 valence electrons. The number of benzene rings is 3. The Kier molecular flexibility index (Phi) is 5.51. The van der Waals surface area contributed by atoms with Crippen LogP contribution in [0.5, 0.6) is 0 Å². The van der Waals surface area contributed by atoms with E-state index in [0.29, 0.717) is 11.3 Å². The third kappa shape index (κ3) is 4.26. The van der Waals surface area contributed by atoms with E-state index in [9.17, 15) is 12.8 Å². The number of halogens is 1. The first-order valence-corrected chi connectivity index (χ1v) is 11.2. The minimum atomic E-state index is -3.85. The fraction of sp³-hybridized carbons (Fsp3) is 0.0455. The molecule has 0 saturated carbocycles. The SMILES string of the molecule is O=S(=O)(c1ccccc1)c1nc(-c2ccccc2)oc1SCc1ccc(F)cc1. The number of aromatic nitrogens is 1. The molecule has 7 heteroatoms. The summed E-state index contributed by atoms with van der Waals surface area (Å²) in [5.74, 6) is 0.333. The Hall–Kier alpha value is -2.90. The van der Waals surface area contributed by atoms with Crippen molar-refractivity contribution in [1.29, 1.82) is 0 Å². The Morgan fingerprint density at radius 1 is 0.862 bits per heavy atom. The Bertz CT molecular complexity index is 1210. The molecule has 0 spiro atoms. The van der Waals surface area contributed by atoms with Gasteiger partial charge in [-0.25, -0.2) is 12.8 Å². The van der Waals surface area contributed by atoms with Crippen molar-refractivity contribution in [2.45, 2.75) is 20.8 Å². The van der Waals surface area contributed by atoms with Gasteiger partial charge >= 0.3 is 0 Å². The second kappa shape index (κ2) is 8.23. The van der Waals surface area contributed by atoms with Gasteiger partial charge in [0.05, 0.1) is 4.90 Å². The highest BCUT2D eigenvalue weighted by Gasteiger charge is 2.28. The number of thioether (sulfide) groups is 1. The largest absolute Gasteiger partial charge is 0.428 e. The molecule has 3 aromatic carbocycles. The van der Waals surface area contributed by atoms with Gasteiger partial charge in [-0.15, -0.1) is 0 Å². The van der Waals surface area contributed by atoms with Crippen LogP contribution < -0.4 is 0 Å². The lowest BCUT2D eigenvalue weighted by Gasteiger charge is -2.03. The number of hydrogen-bond donors (Lipinski definition) is 0. The van der Waals surface area contributed by atoms with Crippen molar-refractivity contribution in [3.63, 3.8) is 0 Å². The number of oxazole rings is 1. The van der Waals surface area contributed by atoms with Crippen LogP contribution in [-0.2, 0) is 15.6 Å². The monoisotopic (exact) mass is 425 g/mol. The van der Waals surface area contributed by atoms with Crippen LogP contribution >= 0.6 is 11.8 Å². The molecular weight excluding hydrogens is 409 g/mol. The van der Waals surface area contributed by atoms with Crippen LogP contribution in [0.15, 0.2) is 104 Å². The van der Waals surface area contributed by atoms with E-state index in [2.05, 4.69) is 4.98 Å². The van der Waals surface area contributed by atoms with Gasteiger partial charge in [0.25, 0.3) is 0 Å². The van der Waals surface area contributed by atoms with Crippen LogP contribution in [0.2, 0.25) is 0 Å². The van der Waals surface area contributed by atoms with E-state index >= 15 is 0 Å². The summed E-state index contributed by atoms with van der Waals surface area (Å²) in [6, 6.07) is 23.3. The number of sulfone groups is 1. The zero-order valence-electron chi connectivity index (χ0n) is 15.2. The van der Waals surface area contributed by atoms with Gasteiger partial charge in [-0.3, -0.25) is 0 Å². The maximum Gasteiger partial charge on any atom is 0.228 e. The van der Waals surface area contributed by atoms with Crippen LogP contribution in [0, 0.1) is 5.82 Å². The third-order valence-electron chi connectivity index (χ3n) is 4.18. The quantitative estimate of drug-likeness (QED) is 0.376. The molecule has 0 unspecified atom stereocenters. The van der Waals surface area contributed by atoms with Crippen LogP contribution in [0.1, 0.15) is 5.56 Å². The summed E-state index contributed by atoms with van der Waals surface area (Å²) in [5, 5.41) is 0.0895. The average Bonchev–Trinajstić information content (AvgIpc) is 3.20. The van der Waals surface area contributed by atoms with Crippen LogP contribution in [0.4, 0.5) is 4.39 Å². The maximum absolute atomic E-state index is 13.2. The topological polar surface area (TPSA) is 60.2 Å². The van der Waals surface area contributed by atoms with Gasteiger partial charge in [0.2, 0.25) is 25.8 Å². The van der Waals surface area contributed by atoms with E-state index in [-0.39, 0.29) is 26.7 Å². The minimum absolute atomic E-state index is 0.116. The van der Waals surface area contributed by atoms with E-state index in [4.69, 9.17) is 4.42 Å². The standard InChI is InChI=1S/C22H16FNO3S2/c23-18-13-11-16(12-14-18)15-28-22-21(29(25,26)19-9-5-2-6-10-19)24-20(27-22)17-7-3-1-4-8-17/h1-14H,15H2. The van der Waals surface area contributed by atoms with Crippen molar-refractivity contribution in [2.75, 3.05) is 0 Å². The van der Waals surface area contributed by atoms with Crippen LogP contribution in [0.25, 0.3) is 11.5 Å². The molecule has 4 aromatic rings. The molecule has 1 aromatic heterocycles. The second-order valence-electron chi connectivity index (χ2n) is 6.21. The highest BCUT2D eigenvalue weighted by molar-refractivity contribution is 7.99. The molecule has 1 heterocycles. The molecule has 0 amide bonds. The summed E-state index contributed by atoms with van der Waals surface area (Å²) < 4.78 is 45.3. The molecule has 0 atom stereocenters. The number of rotatable bonds is 6. The highest BCUT2D eigenvalue weighted by Crippen LogP contribution is 2.36. The Labute approximate surface area is 172 Å². The summed E-state index contributed by atoms with van der Waals surface area (Å²) in [4.78, 5) is 4.47. The first-order valence-electron chi connectivity index (χ1n) is 8.78. The second-order valence-corrected chi connectivity index (χ2v) is 9.02. The normalized spacial score (nSPS) is 11.5. The van der Waals surface area contributed by atoms with E-state index in [1.807, 2.05) is 18.2 Å². The predicted molar refractivity (Wildman–Crippen MR) is 110 cm³/mol. The lowest BCUT2D eigenvalue weighted by Crippen LogP contribution is -2.03. The third-order valence-corrected chi connectivity index (χ3v) is 7.00. The van der Waals surface area contributed by atoms with E-state index in [1.54, 1.807) is 42.5 Å². The average molecular weight is 426 g/mol. The van der Waals surface area contributed by atoms with Gasteiger partial charge in [0, 0.05) is 11.3 Å². The predicted octanol–water partition coefficient (Wildman–Crippen LogP) is 5.61. The van der Waals surface area contributed by atoms with Gasteiger partial charge < -0.3 is 4.42 Å². The fourth-order valence-corrected chi connectivity index (χ4v) is 5.20. The maximum atomic E-state index is 13.2. The molecule has 29 heavy (non-hydrogen) atoms. The molecule has 0 N–H and O–H groups in total. The van der Waals surface area contributed by atoms with Crippen molar-refractivity contribution < 1.29 is 17.2 Å². The van der Waals surface area contributed by atoms with Crippen molar-refractivity contribution in [3.05, 3.63) is 96.3 Å². The summed E-state index contributed by atoms with van der Waals surface area (Å²) in [6.45, 7) is 0. The lowest BCUT2D eigenvalue weighted by molar-refractivity contribution is 0.470. The zero-order chi connectivity index (χ0) is 20.3. The summed E-state index contributed by atoms with van der Waals surface area (Å²) in [6.07, 6.45) is 0. The van der Waals surface area contributed by atoms with E-state index in [0.717, 1.165) is 5.56 Å². The Balaban J connectivity index is 1.74. The van der Waals surface area contributed by atoms with Crippen molar-refractivity contribution in [3.8, 4) is 11.5 Å². The molecule has 0 bridgehead atoms. The summed E-state index contributed by atoms with van der Waals surface area (Å²) >= 11 is 1.21. The number of nitrogens with zero attached hydrogens (tertiary/aromatic N) is 1. The van der Waals surface area contributed by atoms with Gasteiger partial charge in [-0.2, -0.15) is 4.98 Å². The Morgan fingerprint density at radius 3 is 2.14 bits per heavy atom. The van der Waals surface area contributed by atoms with Gasteiger partial charge in [0.1, 0.15) is 5.82 Å². The molecular formula is C22H16FNO3S2. The van der Waals surface area contributed by atoms with Gasteiger partial charge in [-0.05, 0) is 42.0 Å². The molecule has 0 saturated heterocycles. The lowest BCUT2D eigenvalue weighted by atomic mass is 10.2. The highest BCUT2D eigenvalue weighted by atomic mass is 32.2. The molecule has 0 aliphatic rings. The van der Waals surface area contributed by atoms with Gasteiger partial charge in [0.15, 0.2) is 0 Å². The number of hydrogen-bond acceptors (Lipinski definition) is 5. The fourth-order valence-electron chi connectivity index (χ4n) is 2.70. The first kappa shape index (κ1) is 19.4. The molecule has 0 fully saturated rings. The molecule has 0 aliphatic carbocycles. The van der Waals surface area contributed by atoms with Crippen molar-refractivity contribution in [2.24, 2.45) is 0 Å². The van der Waals surface area contributed by atoms with Crippen molar-refractivity contribution in [1.82, 2.24) is 4.98 Å². The van der Waals surface area contributed by atoms with Crippen molar-refractivity contribution >= 4 is 21.6 Å². The van der Waals surface area contributed by atoms with Crippen LogP contribution in [-0.4, -0.2) is 13.4 Å². The summed E-state index contributed by atoms with van der Waals surface area (Å²) in [5.41, 5.74) is 1.53. The Morgan fingerprint density at radius 2 is 1.48 bits per heavy atom. The molecule has 0 radical (unpaired) electrons.